The zero-order chi connectivity index (χ0) is 19.2. The normalized spacial score (nSPS) is 11.8. The first-order valence-corrected chi connectivity index (χ1v) is 9.07. The Hall–Kier alpha value is -1.48. The van der Waals surface area contributed by atoms with E-state index in [0.717, 1.165) is 0 Å². The summed E-state index contributed by atoms with van der Waals surface area (Å²) in [5.74, 6) is -4.70. The van der Waals surface area contributed by atoms with Gasteiger partial charge in [-0.05, 0) is 27.2 Å². The Morgan fingerprint density at radius 2 is 1.58 bits per heavy atom. The second-order valence-corrected chi connectivity index (χ2v) is 6.65. The van der Waals surface area contributed by atoms with Crippen molar-refractivity contribution < 1.29 is 48.7 Å². The number of quaternary nitrogens is 1. The van der Waals surface area contributed by atoms with Crippen LogP contribution in [0.2, 0.25) is 0 Å². The first-order chi connectivity index (χ1) is 11.1. The van der Waals surface area contributed by atoms with E-state index in [1.807, 2.05) is 0 Å². The number of esters is 1. The van der Waals surface area contributed by atoms with Crippen molar-refractivity contribution in [1.29, 1.82) is 0 Å². The lowest BCUT2D eigenvalue weighted by molar-refractivity contribution is -0.395. The number of aliphatic carboxylic acids is 2. The summed E-state index contributed by atoms with van der Waals surface area (Å²) in [6.07, 6.45) is 1.38. The topological polar surface area (TPSA) is 167 Å². The standard InChI is InChI=1S/C11H24NO5P.C2H2O4/c1-4-15-11(13)9-7-8-10(12)18(14,16-5-2)17-6-3;3-1(4)2(5)6/h10H,4-9,12H2,1-3H3;(H,3,4)(H,5,6). The van der Waals surface area contributed by atoms with Gasteiger partial charge in [0.25, 0.3) is 0 Å². The fraction of sp³-hybridized carbons (Fsp3) is 0.769. The van der Waals surface area contributed by atoms with E-state index in [9.17, 15) is 9.36 Å². The number of hydrogen-bond acceptors (Lipinski definition) is 8. The fourth-order valence-corrected chi connectivity index (χ4v) is 3.20. The van der Waals surface area contributed by atoms with Gasteiger partial charge < -0.3 is 34.5 Å². The van der Waals surface area contributed by atoms with Crippen LogP contribution >= 0.6 is 7.60 Å². The molecule has 0 aromatic carbocycles. The van der Waals surface area contributed by atoms with Crippen LogP contribution in [0, 0.1) is 0 Å². The molecule has 11 heteroatoms. The number of carbonyl (C=O) groups is 3. The monoisotopic (exact) mass is 371 g/mol. The molecule has 0 rings (SSSR count). The van der Waals surface area contributed by atoms with Crippen molar-refractivity contribution >= 4 is 25.5 Å². The van der Waals surface area contributed by atoms with Crippen molar-refractivity contribution in [3.05, 3.63) is 0 Å². The summed E-state index contributed by atoms with van der Waals surface area (Å²) in [7, 11) is -3.15. The number of rotatable bonds is 10. The van der Waals surface area contributed by atoms with E-state index < -0.39 is 25.3 Å². The molecule has 0 aliphatic rings. The Balaban J connectivity index is 0. The van der Waals surface area contributed by atoms with E-state index in [4.69, 9.17) is 33.6 Å². The molecule has 0 aliphatic carbocycles. The maximum atomic E-state index is 12.3. The van der Waals surface area contributed by atoms with Gasteiger partial charge in [-0.15, -0.1) is 0 Å². The molecule has 142 valence electrons. The van der Waals surface area contributed by atoms with Crippen molar-refractivity contribution in [2.24, 2.45) is 0 Å². The van der Waals surface area contributed by atoms with E-state index >= 15 is 0 Å². The third-order valence-electron chi connectivity index (χ3n) is 2.46. The molecule has 0 aliphatic heterocycles. The molecule has 24 heavy (non-hydrogen) atoms. The molecule has 0 bridgehead atoms. The Morgan fingerprint density at radius 3 is 1.92 bits per heavy atom. The highest BCUT2D eigenvalue weighted by atomic mass is 31.2. The third kappa shape index (κ3) is 12.0. The molecule has 10 nitrogen and oxygen atoms in total. The van der Waals surface area contributed by atoms with Crippen molar-refractivity contribution in [3.63, 3.8) is 0 Å². The van der Waals surface area contributed by atoms with Crippen molar-refractivity contribution in [1.82, 2.24) is 0 Å². The fourth-order valence-electron chi connectivity index (χ4n) is 1.48. The quantitative estimate of drug-likeness (QED) is 0.289. The molecule has 0 amide bonds. The molecular weight excluding hydrogens is 345 g/mol. The molecule has 0 heterocycles. The summed E-state index contributed by atoms with van der Waals surface area (Å²) in [6.45, 7) is 6.31. The second-order valence-electron chi connectivity index (χ2n) is 4.32. The first kappa shape index (κ1) is 24.8. The smallest absolute Gasteiger partial charge is 0.387 e. The number of carboxylic acid groups (broad SMARTS) is 2. The largest absolute Gasteiger partial charge is 0.539 e. The molecule has 1 atom stereocenters. The zero-order valence-corrected chi connectivity index (χ0v) is 15.1. The average Bonchev–Trinajstić information content (AvgIpc) is 2.48. The summed E-state index contributed by atoms with van der Waals surface area (Å²) in [5, 5.41) is 16.3. The number of ether oxygens (including phenoxy) is 1. The highest BCUT2D eigenvalue weighted by Gasteiger charge is 2.35. The first-order valence-electron chi connectivity index (χ1n) is 7.46. The summed E-state index contributed by atoms with van der Waals surface area (Å²) < 4.78 is 27.5. The Bertz CT molecular complexity index is 419. The van der Waals surface area contributed by atoms with Gasteiger partial charge in [-0.1, -0.05) is 0 Å². The highest BCUT2D eigenvalue weighted by molar-refractivity contribution is 7.54. The average molecular weight is 371 g/mol. The van der Waals surface area contributed by atoms with Gasteiger partial charge in [-0.2, -0.15) is 0 Å². The van der Waals surface area contributed by atoms with E-state index in [1.54, 1.807) is 20.8 Å². The molecule has 0 spiro atoms. The summed E-state index contributed by atoms with van der Waals surface area (Å²) in [5.41, 5.74) is 3.82. The summed E-state index contributed by atoms with van der Waals surface area (Å²) >= 11 is 0. The molecule has 0 saturated heterocycles. The minimum absolute atomic E-state index is 0.243. The van der Waals surface area contributed by atoms with E-state index in [2.05, 4.69) is 5.73 Å². The van der Waals surface area contributed by atoms with E-state index in [0.29, 0.717) is 39.1 Å². The van der Waals surface area contributed by atoms with Crippen molar-refractivity contribution in [2.75, 3.05) is 19.8 Å². The Morgan fingerprint density at radius 1 is 1.12 bits per heavy atom. The predicted molar refractivity (Wildman–Crippen MR) is 80.7 cm³/mol. The lowest BCUT2D eigenvalue weighted by atomic mass is 10.2. The molecule has 4 N–H and O–H groups in total. The minimum atomic E-state index is -3.15. The van der Waals surface area contributed by atoms with Gasteiger partial charge in [0.2, 0.25) is 0 Å². The number of carbonyl (C=O) groups excluding carboxylic acids is 2. The van der Waals surface area contributed by atoms with Crippen molar-refractivity contribution in [2.45, 2.75) is 45.8 Å². The maximum Gasteiger partial charge on any atom is 0.387 e. The van der Waals surface area contributed by atoms with Crippen LogP contribution < -0.4 is 10.8 Å². The molecule has 0 saturated carbocycles. The lowest BCUT2D eigenvalue weighted by Crippen LogP contribution is -2.60. The van der Waals surface area contributed by atoms with Gasteiger partial charge in [0.15, 0.2) is 11.8 Å². The minimum Gasteiger partial charge on any atom is -0.539 e. The van der Waals surface area contributed by atoms with Crippen LogP contribution in [-0.2, 0) is 32.7 Å². The highest BCUT2D eigenvalue weighted by Crippen LogP contribution is 2.51. The van der Waals surface area contributed by atoms with Crippen LogP contribution in [0.25, 0.3) is 0 Å². The van der Waals surface area contributed by atoms with Crippen LogP contribution in [0.5, 0.6) is 0 Å². The van der Waals surface area contributed by atoms with Gasteiger partial charge in [0.05, 0.1) is 19.8 Å². The van der Waals surface area contributed by atoms with E-state index in [1.165, 1.54) is 0 Å². The number of carboxylic acids is 2. The lowest BCUT2D eigenvalue weighted by Gasteiger charge is -2.20. The van der Waals surface area contributed by atoms with Crippen LogP contribution in [0.3, 0.4) is 0 Å². The predicted octanol–water partition coefficient (Wildman–Crippen LogP) is -0.625. The van der Waals surface area contributed by atoms with Crippen LogP contribution in [0.4, 0.5) is 0 Å². The molecule has 0 aromatic heterocycles. The number of hydrogen-bond donors (Lipinski definition) is 2. The summed E-state index contributed by atoms with van der Waals surface area (Å²) in [6, 6.07) is 0. The molecule has 0 aromatic rings. The van der Waals surface area contributed by atoms with Gasteiger partial charge in [-0.3, -0.25) is 9.36 Å². The molecular formula is C13H26NO9P. The van der Waals surface area contributed by atoms with Crippen LogP contribution in [0.15, 0.2) is 0 Å². The van der Waals surface area contributed by atoms with Crippen LogP contribution in [-0.4, -0.2) is 48.6 Å². The molecule has 0 radical (unpaired) electrons. The second kappa shape index (κ2) is 13.9. The van der Waals surface area contributed by atoms with Crippen LogP contribution in [0.1, 0.15) is 40.0 Å². The maximum absolute atomic E-state index is 12.3. The van der Waals surface area contributed by atoms with E-state index in [-0.39, 0.29) is 5.97 Å². The van der Waals surface area contributed by atoms with Gasteiger partial charge in [0, 0.05) is 12.8 Å². The molecule has 1 unspecified atom stereocenters. The van der Waals surface area contributed by atoms with Gasteiger partial charge in [-0.25, -0.2) is 4.79 Å². The third-order valence-corrected chi connectivity index (χ3v) is 4.85. The summed E-state index contributed by atoms with van der Waals surface area (Å²) in [4.78, 5) is 29.2. The SMILES string of the molecule is CCOC(=O)CCCC([NH3+])P(=O)(OCC)OCC.O=C([O-])C(=O)O. The van der Waals surface area contributed by atoms with Gasteiger partial charge >= 0.3 is 19.5 Å². The zero-order valence-electron chi connectivity index (χ0n) is 14.2. The van der Waals surface area contributed by atoms with Crippen molar-refractivity contribution in [3.8, 4) is 0 Å². The Labute approximate surface area is 140 Å². The Kier molecular flexibility index (Phi) is 14.4. The van der Waals surface area contributed by atoms with Gasteiger partial charge in [0.1, 0.15) is 0 Å². The molecule has 0 fully saturated rings.